The zero-order valence-corrected chi connectivity index (χ0v) is 9.75. The minimum atomic E-state index is -0.317. The second-order valence-electron chi connectivity index (χ2n) is 4.37. The molecule has 1 aromatic carbocycles. The molecule has 4 heteroatoms. The number of benzene rings is 1. The minimum absolute atomic E-state index is 0.0122. The molecule has 0 aliphatic carbocycles. The average Bonchev–Trinajstić information content (AvgIpc) is 2.83. The van der Waals surface area contributed by atoms with Gasteiger partial charge in [0.05, 0.1) is 17.4 Å². The monoisotopic (exact) mass is 227 g/mol. The van der Waals surface area contributed by atoms with Crippen molar-refractivity contribution in [1.82, 2.24) is 9.55 Å². The van der Waals surface area contributed by atoms with Crippen LogP contribution in [0.4, 0.5) is 0 Å². The van der Waals surface area contributed by atoms with E-state index in [1.807, 2.05) is 36.7 Å². The smallest absolute Gasteiger partial charge is 0.133 e. The lowest BCUT2D eigenvalue weighted by Crippen LogP contribution is -2.26. The van der Waals surface area contributed by atoms with Gasteiger partial charge >= 0.3 is 0 Å². The molecule has 0 atom stereocenters. The quantitative estimate of drug-likeness (QED) is 0.855. The molecule has 1 aromatic heterocycles. The standard InChI is InChI=1S/C13H13N3O/c1-13(2,16-6-5-15-9-16)11-4-3-10(8-14)12(17)7-11/h3-7,9,17H,1-2H3. The van der Waals surface area contributed by atoms with E-state index >= 15 is 0 Å². The van der Waals surface area contributed by atoms with Gasteiger partial charge in [-0.1, -0.05) is 6.07 Å². The van der Waals surface area contributed by atoms with Gasteiger partial charge in [0, 0.05) is 12.4 Å². The van der Waals surface area contributed by atoms with Crippen LogP contribution < -0.4 is 0 Å². The Morgan fingerprint density at radius 3 is 2.71 bits per heavy atom. The molecule has 17 heavy (non-hydrogen) atoms. The fourth-order valence-electron chi connectivity index (χ4n) is 1.75. The zero-order chi connectivity index (χ0) is 12.5. The molecule has 0 radical (unpaired) electrons. The topological polar surface area (TPSA) is 61.8 Å². The summed E-state index contributed by atoms with van der Waals surface area (Å²) in [6, 6.07) is 7.04. The number of aromatic hydroxyl groups is 1. The predicted octanol–water partition coefficient (Wildman–Crippen LogP) is 2.24. The molecule has 0 aliphatic rings. The molecule has 0 saturated carbocycles. The Kier molecular flexibility index (Phi) is 2.60. The van der Waals surface area contributed by atoms with Crippen LogP contribution in [0, 0.1) is 11.3 Å². The highest BCUT2D eigenvalue weighted by atomic mass is 16.3. The summed E-state index contributed by atoms with van der Waals surface area (Å²) in [7, 11) is 0. The van der Waals surface area contributed by atoms with Gasteiger partial charge in [0.2, 0.25) is 0 Å². The van der Waals surface area contributed by atoms with E-state index in [1.165, 1.54) is 0 Å². The summed E-state index contributed by atoms with van der Waals surface area (Å²) in [6.45, 7) is 4.05. The van der Waals surface area contributed by atoms with E-state index in [-0.39, 0.29) is 16.9 Å². The van der Waals surface area contributed by atoms with Crippen molar-refractivity contribution < 1.29 is 5.11 Å². The van der Waals surface area contributed by atoms with Crippen molar-refractivity contribution in [3.8, 4) is 11.8 Å². The molecular weight excluding hydrogens is 214 g/mol. The van der Waals surface area contributed by atoms with Gasteiger partial charge < -0.3 is 9.67 Å². The molecule has 1 heterocycles. The Morgan fingerprint density at radius 1 is 1.41 bits per heavy atom. The summed E-state index contributed by atoms with van der Waals surface area (Å²) in [5.74, 6) is 0.0122. The summed E-state index contributed by atoms with van der Waals surface area (Å²) >= 11 is 0. The van der Waals surface area contributed by atoms with Crippen LogP contribution in [0.5, 0.6) is 5.75 Å². The van der Waals surface area contributed by atoms with Crippen LogP contribution in [0.1, 0.15) is 25.0 Å². The van der Waals surface area contributed by atoms with Crippen molar-refractivity contribution in [2.45, 2.75) is 19.4 Å². The Morgan fingerprint density at radius 2 is 2.18 bits per heavy atom. The highest BCUT2D eigenvalue weighted by molar-refractivity contribution is 5.45. The summed E-state index contributed by atoms with van der Waals surface area (Å²) in [5, 5.41) is 18.5. The summed E-state index contributed by atoms with van der Waals surface area (Å²) in [6.07, 6.45) is 5.32. The molecule has 0 aliphatic heterocycles. The van der Waals surface area contributed by atoms with Crippen LogP contribution in [0.25, 0.3) is 0 Å². The largest absolute Gasteiger partial charge is 0.507 e. The van der Waals surface area contributed by atoms with Gasteiger partial charge in [-0.2, -0.15) is 5.26 Å². The fourth-order valence-corrected chi connectivity index (χ4v) is 1.75. The maximum Gasteiger partial charge on any atom is 0.133 e. The molecule has 0 fully saturated rings. The second-order valence-corrected chi connectivity index (χ2v) is 4.37. The van der Waals surface area contributed by atoms with Crippen LogP contribution in [-0.2, 0) is 5.54 Å². The van der Waals surface area contributed by atoms with Crippen molar-refractivity contribution in [2.24, 2.45) is 0 Å². The van der Waals surface area contributed by atoms with Crippen molar-refractivity contribution in [3.63, 3.8) is 0 Å². The molecule has 1 N–H and O–H groups in total. The number of hydrogen-bond donors (Lipinski definition) is 1. The lowest BCUT2D eigenvalue weighted by Gasteiger charge is -2.27. The third-order valence-corrected chi connectivity index (χ3v) is 2.97. The summed E-state index contributed by atoms with van der Waals surface area (Å²) in [5.41, 5.74) is 0.893. The molecule has 0 unspecified atom stereocenters. The lowest BCUT2D eigenvalue weighted by molar-refractivity contribution is 0.427. The zero-order valence-electron chi connectivity index (χ0n) is 9.75. The number of hydrogen-bond acceptors (Lipinski definition) is 3. The summed E-state index contributed by atoms with van der Waals surface area (Å²) in [4.78, 5) is 4.02. The van der Waals surface area contributed by atoms with Gasteiger partial charge in [-0.25, -0.2) is 4.98 Å². The Hall–Kier alpha value is -2.28. The van der Waals surface area contributed by atoms with Crippen LogP contribution in [0.2, 0.25) is 0 Å². The van der Waals surface area contributed by atoms with Crippen LogP contribution in [0.15, 0.2) is 36.9 Å². The molecule has 86 valence electrons. The van der Waals surface area contributed by atoms with E-state index in [0.29, 0.717) is 0 Å². The van der Waals surface area contributed by atoms with Crippen LogP contribution in [-0.4, -0.2) is 14.7 Å². The number of phenols is 1. The first-order chi connectivity index (χ1) is 8.05. The molecule has 0 amide bonds. The van der Waals surface area contributed by atoms with Gasteiger partial charge in [0.15, 0.2) is 0 Å². The second kappa shape index (κ2) is 3.95. The molecule has 2 aromatic rings. The summed E-state index contributed by atoms with van der Waals surface area (Å²) < 4.78 is 1.95. The van der Waals surface area contributed by atoms with Gasteiger partial charge in [-0.3, -0.25) is 0 Å². The minimum Gasteiger partial charge on any atom is -0.507 e. The molecule has 2 rings (SSSR count). The van der Waals surface area contributed by atoms with Crippen molar-refractivity contribution in [1.29, 1.82) is 5.26 Å². The molecule has 0 saturated heterocycles. The number of nitrogens with zero attached hydrogens (tertiary/aromatic N) is 3. The Bertz CT molecular complexity index is 565. The number of aromatic nitrogens is 2. The predicted molar refractivity (Wildman–Crippen MR) is 63.5 cm³/mol. The van der Waals surface area contributed by atoms with Crippen LogP contribution >= 0.6 is 0 Å². The number of rotatable bonds is 2. The normalized spacial score (nSPS) is 11.1. The van der Waals surface area contributed by atoms with E-state index in [2.05, 4.69) is 4.98 Å². The van der Waals surface area contributed by atoms with E-state index in [0.717, 1.165) is 5.56 Å². The number of nitriles is 1. The number of phenolic OH excluding ortho intramolecular Hbond substituents is 1. The highest BCUT2D eigenvalue weighted by Gasteiger charge is 2.23. The first-order valence-electron chi connectivity index (χ1n) is 5.27. The van der Waals surface area contributed by atoms with E-state index in [4.69, 9.17) is 5.26 Å². The first-order valence-corrected chi connectivity index (χ1v) is 5.27. The third kappa shape index (κ3) is 1.87. The van der Waals surface area contributed by atoms with Gasteiger partial charge in [0.25, 0.3) is 0 Å². The van der Waals surface area contributed by atoms with E-state index in [9.17, 15) is 5.11 Å². The van der Waals surface area contributed by atoms with Crippen molar-refractivity contribution >= 4 is 0 Å². The van der Waals surface area contributed by atoms with Gasteiger partial charge in [0.1, 0.15) is 11.8 Å². The molecule has 0 bridgehead atoms. The lowest BCUT2D eigenvalue weighted by atomic mass is 9.93. The SMILES string of the molecule is CC(C)(c1ccc(C#N)c(O)c1)n1ccnc1. The van der Waals surface area contributed by atoms with Gasteiger partial charge in [-0.05, 0) is 31.5 Å². The highest BCUT2D eigenvalue weighted by Crippen LogP contribution is 2.29. The fraction of sp³-hybridized carbons (Fsp3) is 0.231. The van der Waals surface area contributed by atoms with Gasteiger partial charge in [-0.15, -0.1) is 0 Å². The van der Waals surface area contributed by atoms with E-state index in [1.54, 1.807) is 24.7 Å². The molecular formula is C13H13N3O. The third-order valence-electron chi connectivity index (χ3n) is 2.97. The van der Waals surface area contributed by atoms with E-state index < -0.39 is 0 Å². The molecule has 0 spiro atoms. The van der Waals surface area contributed by atoms with Crippen molar-refractivity contribution in [2.75, 3.05) is 0 Å². The average molecular weight is 227 g/mol. The Labute approximate surface area is 99.8 Å². The van der Waals surface area contributed by atoms with Crippen LogP contribution in [0.3, 0.4) is 0 Å². The number of imidazole rings is 1. The Balaban J connectivity index is 2.48. The molecule has 4 nitrogen and oxygen atoms in total. The first kappa shape index (κ1) is 11.2. The van der Waals surface area contributed by atoms with Crippen molar-refractivity contribution in [3.05, 3.63) is 48.0 Å². The maximum absolute atomic E-state index is 9.70. The maximum atomic E-state index is 9.70.